The van der Waals surface area contributed by atoms with Gasteiger partial charge in [-0.3, -0.25) is 4.68 Å². The molecule has 0 amide bonds. The van der Waals surface area contributed by atoms with Crippen LogP contribution in [0.2, 0.25) is 0 Å². The minimum atomic E-state index is -0.261. The van der Waals surface area contributed by atoms with E-state index in [1.54, 1.807) is 6.33 Å². The standard InChI is InChI=1S/C15H27N3O/c1-4-18-15(16-10-17-18)9-14(19)13-7-5-12(6-8-13)11(2)3/h10-14,19H,4-9H2,1-3H3. The van der Waals surface area contributed by atoms with Crippen LogP contribution in [0, 0.1) is 17.8 Å². The Labute approximate surface area is 116 Å². The van der Waals surface area contributed by atoms with Crippen molar-refractivity contribution in [3.63, 3.8) is 0 Å². The van der Waals surface area contributed by atoms with Crippen molar-refractivity contribution in [3.8, 4) is 0 Å². The summed E-state index contributed by atoms with van der Waals surface area (Å²) in [4.78, 5) is 4.26. The summed E-state index contributed by atoms with van der Waals surface area (Å²) in [5, 5.41) is 14.6. The highest BCUT2D eigenvalue weighted by Crippen LogP contribution is 2.35. The zero-order valence-electron chi connectivity index (χ0n) is 12.4. The maximum atomic E-state index is 10.4. The Balaban J connectivity index is 1.86. The Morgan fingerprint density at radius 3 is 2.47 bits per heavy atom. The molecule has 1 saturated carbocycles. The fraction of sp³-hybridized carbons (Fsp3) is 0.867. The van der Waals surface area contributed by atoms with E-state index in [1.807, 2.05) is 4.68 Å². The third-order valence-corrected chi connectivity index (χ3v) is 4.69. The SMILES string of the molecule is CCn1ncnc1CC(O)C1CCC(C(C)C)CC1. The molecule has 1 aliphatic rings. The maximum absolute atomic E-state index is 10.4. The number of hydrogen-bond acceptors (Lipinski definition) is 3. The molecular weight excluding hydrogens is 238 g/mol. The van der Waals surface area contributed by atoms with Crippen molar-refractivity contribution < 1.29 is 5.11 Å². The van der Waals surface area contributed by atoms with Crippen LogP contribution < -0.4 is 0 Å². The third kappa shape index (κ3) is 3.56. The molecule has 1 aromatic rings. The normalized spacial score (nSPS) is 25.7. The Kier molecular flexibility index (Phi) is 4.97. The molecule has 2 rings (SSSR count). The predicted molar refractivity (Wildman–Crippen MR) is 75.7 cm³/mol. The van der Waals surface area contributed by atoms with Crippen LogP contribution in [0.4, 0.5) is 0 Å². The van der Waals surface area contributed by atoms with Crippen LogP contribution in [0.3, 0.4) is 0 Å². The summed E-state index contributed by atoms with van der Waals surface area (Å²) in [7, 11) is 0. The highest BCUT2D eigenvalue weighted by atomic mass is 16.3. The summed E-state index contributed by atoms with van der Waals surface area (Å²) in [6, 6.07) is 0. The average molecular weight is 265 g/mol. The fourth-order valence-corrected chi connectivity index (χ4v) is 3.26. The van der Waals surface area contributed by atoms with Crippen molar-refractivity contribution in [2.24, 2.45) is 17.8 Å². The fourth-order valence-electron chi connectivity index (χ4n) is 3.26. The van der Waals surface area contributed by atoms with Crippen LogP contribution in [0.15, 0.2) is 6.33 Å². The number of aliphatic hydroxyl groups excluding tert-OH is 1. The second kappa shape index (κ2) is 6.51. The molecule has 108 valence electrons. The van der Waals surface area contributed by atoms with Gasteiger partial charge in [0, 0.05) is 13.0 Å². The van der Waals surface area contributed by atoms with Gasteiger partial charge in [-0.2, -0.15) is 5.10 Å². The van der Waals surface area contributed by atoms with E-state index in [-0.39, 0.29) is 6.10 Å². The van der Waals surface area contributed by atoms with Gasteiger partial charge in [-0.25, -0.2) is 4.98 Å². The largest absolute Gasteiger partial charge is 0.392 e. The molecular formula is C15H27N3O. The van der Waals surface area contributed by atoms with Gasteiger partial charge in [-0.15, -0.1) is 0 Å². The van der Waals surface area contributed by atoms with Gasteiger partial charge < -0.3 is 5.11 Å². The lowest BCUT2D eigenvalue weighted by Gasteiger charge is -2.33. The number of rotatable bonds is 5. The van der Waals surface area contributed by atoms with Crippen molar-refractivity contribution in [1.29, 1.82) is 0 Å². The van der Waals surface area contributed by atoms with Crippen molar-refractivity contribution in [2.45, 2.75) is 65.5 Å². The molecule has 0 radical (unpaired) electrons. The van der Waals surface area contributed by atoms with Crippen LogP contribution in [0.5, 0.6) is 0 Å². The van der Waals surface area contributed by atoms with Crippen molar-refractivity contribution >= 4 is 0 Å². The van der Waals surface area contributed by atoms with Gasteiger partial charge in [0.25, 0.3) is 0 Å². The first-order valence-electron chi connectivity index (χ1n) is 7.66. The van der Waals surface area contributed by atoms with Crippen molar-refractivity contribution in [2.75, 3.05) is 0 Å². The first-order chi connectivity index (χ1) is 9.11. The highest BCUT2D eigenvalue weighted by molar-refractivity contribution is 4.90. The summed E-state index contributed by atoms with van der Waals surface area (Å²) in [6.07, 6.45) is 6.81. The second-order valence-electron chi connectivity index (χ2n) is 6.18. The molecule has 1 aliphatic carbocycles. The Bertz CT molecular complexity index is 380. The Hall–Kier alpha value is -0.900. The molecule has 19 heavy (non-hydrogen) atoms. The van der Waals surface area contributed by atoms with E-state index >= 15 is 0 Å². The second-order valence-corrected chi connectivity index (χ2v) is 6.18. The molecule has 1 atom stereocenters. The zero-order chi connectivity index (χ0) is 13.8. The van der Waals surface area contributed by atoms with Crippen LogP contribution in [-0.4, -0.2) is 26.0 Å². The summed E-state index contributed by atoms with van der Waals surface area (Å²) in [5.41, 5.74) is 0. The molecule has 0 bridgehead atoms. The summed E-state index contributed by atoms with van der Waals surface area (Å²) in [5.74, 6) is 2.99. The third-order valence-electron chi connectivity index (χ3n) is 4.69. The molecule has 4 heteroatoms. The summed E-state index contributed by atoms with van der Waals surface area (Å²) in [6.45, 7) is 7.50. The van der Waals surface area contributed by atoms with Gasteiger partial charge in [-0.1, -0.05) is 13.8 Å². The lowest BCUT2D eigenvalue weighted by atomic mass is 9.75. The van der Waals surface area contributed by atoms with Crippen molar-refractivity contribution in [1.82, 2.24) is 14.8 Å². The number of nitrogens with zero attached hydrogens (tertiary/aromatic N) is 3. The van der Waals surface area contributed by atoms with Gasteiger partial charge in [0.05, 0.1) is 6.10 Å². The lowest BCUT2D eigenvalue weighted by molar-refractivity contribution is 0.0652. The Morgan fingerprint density at radius 1 is 1.26 bits per heavy atom. The maximum Gasteiger partial charge on any atom is 0.138 e. The molecule has 0 aromatic carbocycles. The summed E-state index contributed by atoms with van der Waals surface area (Å²) < 4.78 is 1.88. The van der Waals surface area contributed by atoms with Crippen LogP contribution in [0.1, 0.15) is 52.3 Å². The smallest absolute Gasteiger partial charge is 0.138 e. The van der Waals surface area contributed by atoms with E-state index in [1.165, 1.54) is 12.8 Å². The average Bonchev–Trinajstić information content (AvgIpc) is 2.86. The van der Waals surface area contributed by atoms with E-state index in [0.717, 1.165) is 37.0 Å². The quantitative estimate of drug-likeness (QED) is 0.890. The molecule has 1 aromatic heterocycles. The van der Waals surface area contributed by atoms with Crippen LogP contribution in [0.25, 0.3) is 0 Å². The van der Waals surface area contributed by atoms with Gasteiger partial charge in [0.2, 0.25) is 0 Å². The highest BCUT2D eigenvalue weighted by Gasteiger charge is 2.28. The lowest BCUT2D eigenvalue weighted by Crippen LogP contribution is -2.29. The molecule has 1 fully saturated rings. The number of aliphatic hydroxyl groups is 1. The van der Waals surface area contributed by atoms with E-state index in [2.05, 4.69) is 30.9 Å². The van der Waals surface area contributed by atoms with E-state index in [4.69, 9.17) is 0 Å². The molecule has 1 N–H and O–H groups in total. The zero-order valence-corrected chi connectivity index (χ0v) is 12.4. The molecule has 1 heterocycles. The minimum Gasteiger partial charge on any atom is -0.392 e. The molecule has 0 saturated heterocycles. The molecule has 4 nitrogen and oxygen atoms in total. The first kappa shape index (κ1) is 14.5. The molecule has 1 unspecified atom stereocenters. The van der Waals surface area contributed by atoms with E-state index in [9.17, 15) is 5.11 Å². The van der Waals surface area contributed by atoms with Gasteiger partial charge in [0.1, 0.15) is 12.2 Å². The van der Waals surface area contributed by atoms with Crippen LogP contribution in [-0.2, 0) is 13.0 Å². The minimum absolute atomic E-state index is 0.261. The van der Waals surface area contributed by atoms with Gasteiger partial charge >= 0.3 is 0 Å². The topological polar surface area (TPSA) is 50.9 Å². The predicted octanol–water partition coefficient (Wildman–Crippen LogP) is 2.66. The number of aryl methyl sites for hydroxylation is 1. The van der Waals surface area contributed by atoms with Gasteiger partial charge in [0.15, 0.2) is 0 Å². The number of aromatic nitrogens is 3. The molecule has 0 aliphatic heterocycles. The van der Waals surface area contributed by atoms with Crippen molar-refractivity contribution in [3.05, 3.63) is 12.2 Å². The van der Waals surface area contributed by atoms with E-state index < -0.39 is 0 Å². The van der Waals surface area contributed by atoms with Crippen LogP contribution >= 0.6 is 0 Å². The first-order valence-corrected chi connectivity index (χ1v) is 7.66. The number of hydrogen-bond donors (Lipinski definition) is 1. The summed E-state index contributed by atoms with van der Waals surface area (Å²) >= 11 is 0. The van der Waals surface area contributed by atoms with Gasteiger partial charge in [-0.05, 0) is 50.4 Å². The van der Waals surface area contributed by atoms with E-state index in [0.29, 0.717) is 12.3 Å². The molecule has 0 spiro atoms. The Morgan fingerprint density at radius 2 is 1.89 bits per heavy atom. The monoisotopic (exact) mass is 265 g/mol.